The van der Waals surface area contributed by atoms with E-state index in [0.29, 0.717) is 0 Å². The molecule has 0 aliphatic rings. The van der Waals surface area contributed by atoms with E-state index in [1.54, 1.807) is 0 Å². The van der Waals surface area contributed by atoms with Crippen LogP contribution in [0.2, 0.25) is 0 Å². The molecule has 0 aliphatic carbocycles. The maximum atomic E-state index is 12.2. The van der Waals surface area contributed by atoms with Crippen molar-refractivity contribution >= 4 is 17.4 Å². The number of carbonyl (C=O) groups excluding carboxylic acids is 1. The average molecular weight is 300 g/mol. The Kier molecular flexibility index (Phi) is 4.01. The maximum absolute atomic E-state index is 12.2. The molecule has 1 aromatic carbocycles. The zero-order chi connectivity index (χ0) is 15.5. The largest absolute Gasteiger partial charge is 0.573 e. The molecule has 0 saturated carbocycles. The zero-order valence-electron chi connectivity index (χ0n) is 10.6. The Morgan fingerprint density at radius 3 is 2.67 bits per heavy atom. The number of hydrogen-bond donors (Lipinski definition) is 2. The minimum absolute atomic E-state index is 0.0834. The summed E-state index contributed by atoms with van der Waals surface area (Å²) in [5.74, 6) is -0.807. The molecule has 1 amide bonds. The standard InChI is InChI=1S/C12H11F3N4O2/c13-12(14,15)21-9-4-2-1-3-8(9)17-11(20)7-19-6-5-10(16)18-19/h1-6H,7H2,(H2,16,18)(H,17,20). The predicted octanol–water partition coefficient (Wildman–Crippen LogP) is 2.00. The molecule has 112 valence electrons. The number of anilines is 2. The van der Waals surface area contributed by atoms with Crippen molar-refractivity contribution in [3.05, 3.63) is 36.5 Å². The maximum Gasteiger partial charge on any atom is 0.573 e. The van der Waals surface area contributed by atoms with Gasteiger partial charge in [-0.2, -0.15) is 5.10 Å². The first kappa shape index (κ1) is 14.7. The number of benzene rings is 1. The lowest BCUT2D eigenvalue weighted by molar-refractivity contribution is -0.274. The second-order valence-electron chi connectivity index (χ2n) is 4.03. The van der Waals surface area contributed by atoms with Gasteiger partial charge in [-0.25, -0.2) is 0 Å². The Morgan fingerprint density at radius 1 is 1.33 bits per heavy atom. The third-order valence-electron chi connectivity index (χ3n) is 2.35. The van der Waals surface area contributed by atoms with Crippen LogP contribution in [0.3, 0.4) is 0 Å². The van der Waals surface area contributed by atoms with Crippen LogP contribution in [0, 0.1) is 0 Å². The van der Waals surface area contributed by atoms with Crippen molar-refractivity contribution in [1.82, 2.24) is 9.78 Å². The summed E-state index contributed by atoms with van der Waals surface area (Å²) in [5, 5.41) is 6.12. The number of aromatic nitrogens is 2. The number of halogens is 3. The van der Waals surface area contributed by atoms with Gasteiger partial charge >= 0.3 is 6.36 Å². The van der Waals surface area contributed by atoms with Gasteiger partial charge in [-0.1, -0.05) is 12.1 Å². The first-order chi connectivity index (χ1) is 9.83. The van der Waals surface area contributed by atoms with Gasteiger partial charge in [0.15, 0.2) is 5.75 Å². The van der Waals surface area contributed by atoms with Crippen LogP contribution >= 0.6 is 0 Å². The molecule has 1 aromatic heterocycles. The van der Waals surface area contributed by atoms with Gasteiger partial charge in [-0.05, 0) is 18.2 Å². The van der Waals surface area contributed by atoms with Gasteiger partial charge in [0, 0.05) is 6.20 Å². The summed E-state index contributed by atoms with van der Waals surface area (Å²) in [5.41, 5.74) is 5.31. The molecule has 6 nitrogen and oxygen atoms in total. The number of nitrogens with zero attached hydrogens (tertiary/aromatic N) is 2. The molecule has 0 radical (unpaired) electrons. The van der Waals surface area contributed by atoms with E-state index in [4.69, 9.17) is 5.73 Å². The van der Waals surface area contributed by atoms with E-state index in [0.717, 1.165) is 6.07 Å². The summed E-state index contributed by atoms with van der Waals surface area (Å²) >= 11 is 0. The van der Waals surface area contributed by atoms with Gasteiger partial charge in [0.1, 0.15) is 12.4 Å². The van der Waals surface area contributed by atoms with Gasteiger partial charge in [0.25, 0.3) is 0 Å². The summed E-state index contributed by atoms with van der Waals surface area (Å²) in [4.78, 5) is 11.8. The molecule has 2 rings (SSSR count). The quantitative estimate of drug-likeness (QED) is 0.905. The van der Waals surface area contributed by atoms with E-state index in [1.807, 2.05) is 0 Å². The van der Waals surface area contributed by atoms with E-state index in [2.05, 4.69) is 15.2 Å². The second kappa shape index (κ2) is 5.73. The van der Waals surface area contributed by atoms with Crippen LogP contribution in [0.1, 0.15) is 0 Å². The number of ether oxygens (including phenoxy) is 1. The van der Waals surface area contributed by atoms with Crippen LogP contribution in [-0.4, -0.2) is 22.1 Å². The van der Waals surface area contributed by atoms with Crippen molar-refractivity contribution in [2.24, 2.45) is 0 Å². The first-order valence-electron chi connectivity index (χ1n) is 5.77. The van der Waals surface area contributed by atoms with E-state index in [1.165, 1.54) is 35.1 Å². The highest BCUT2D eigenvalue weighted by molar-refractivity contribution is 5.92. The molecule has 3 N–H and O–H groups in total. The van der Waals surface area contributed by atoms with Crippen LogP contribution in [0.25, 0.3) is 0 Å². The monoisotopic (exact) mass is 300 g/mol. The lowest BCUT2D eigenvalue weighted by Crippen LogP contribution is -2.22. The van der Waals surface area contributed by atoms with E-state index >= 15 is 0 Å². The molecule has 0 saturated heterocycles. The molecule has 0 bridgehead atoms. The number of nitrogens with two attached hydrogens (primary N) is 1. The topological polar surface area (TPSA) is 82.2 Å². The smallest absolute Gasteiger partial charge is 0.404 e. The molecule has 21 heavy (non-hydrogen) atoms. The number of carbonyl (C=O) groups is 1. The van der Waals surface area contributed by atoms with Crippen LogP contribution in [0.15, 0.2) is 36.5 Å². The fraction of sp³-hybridized carbons (Fsp3) is 0.167. The minimum atomic E-state index is -4.84. The molecule has 9 heteroatoms. The van der Waals surface area contributed by atoms with Crippen LogP contribution < -0.4 is 15.8 Å². The van der Waals surface area contributed by atoms with Gasteiger partial charge in [0.05, 0.1) is 5.69 Å². The van der Waals surface area contributed by atoms with Crippen molar-refractivity contribution in [1.29, 1.82) is 0 Å². The minimum Gasteiger partial charge on any atom is -0.404 e. The molecule has 0 unspecified atom stereocenters. The Morgan fingerprint density at radius 2 is 2.05 bits per heavy atom. The lowest BCUT2D eigenvalue weighted by atomic mass is 10.3. The summed E-state index contributed by atoms with van der Waals surface area (Å²) in [6.07, 6.45) is -3.36. The third-order valence-corrected chi connectivity index (χ3v) is 2.35. The lowest BCUT2D eigenvalue weighted by Gasteiger charge is -2.13. The summed E-state index contributed by atoms with van der Waals surface area (Å²) in [6, 6.07) is 6.75. The number of rotatable bonds is 4. The Bertz CT molecular complexity index is 639. The van der Waals surface area contributed by atoms with E-state index in [-0.39, 0.29) is 18.1 Å². The number of nitrogen functional groups attached to an aromatic ring is 1. The summed E-state index contributed by atoms with van der Waals surface area (Å²) < 4.78 is 41.8. The van der Waals surface area contributed by atoms with Crippen molar-refractivity contribution in [2.75, 3.05) is 11.1 Å². The molecule has 1 heterocycles. The molecule has 0 fully saturated rings. The molecular weight excluding hydrogens is 289 g/mol. The zero-order valence-corrected chi connectivity index (χ0v) is 10.6. The SMILES string of the molecule is Nc1ccn(CC(=O)Nc2ccccc2OC(F)(F)F)n1. The van der Waals surface area contributed by atoms with Gasteiger partial charge in [-0.15, -0.1) is 13.2 Å². The van der Waals surface area contributed by atoms with Crippen molar-refractivity contribution in [3.8, 4) is 5.75 Å². The fourth-order valence-electron chi connectivity index (χ4n) is 1.59. The Hall–Kier alpha value is -2.71. The highest BCUT2D eigenvalue weighted by atomic mass is 19.4. The van der Waals surface area contributed by atoms with Crippen LogP contribution in [0.4, 0.5) is 24.7 Å². The third kappa shape index (κ3) is 4.41. The number of alkyl halides is 3. The molecule has 0 spiro atoms. The van der Waals surface area contributed by atoms with Crippen molar-refractivity contribution in [2.45, 2.75) is 12.9 Å². The number of nitrogens with one attached hydrogen (secondary N) is 1. The molecular formula is C12H11F3N4O2. The van der Waals surface area contributed by atoms with Gasteiger partial charge in [-0.3, -0.25) is 9.48 Å². The average Bonchev–Trinajstić information content (AvgIpc) is 2.75. The second-order valence-corrected chi connectivity index (χ2v) is 4.03. The molecule has 0 aliphatic heterocycles. The summed E-state index contributed by atoms with van der Waals surface area (Å²) in [7, 11) is 0. The highest BCUT2D eigenvalue weighted by Gasteiger charge is 2.32. The number of para-hydroxylation sites is 2. The Labute approximate surface area is 117 Å². The van der Waals surface area contributed by atoms with E-state index < -0.39 is 18.0 Å². The van der Waals surface area contributed by atoms with Crippen LogP contribution in [0.5, 0.6) is 5.75 Å². The van der Waals surface area contributed by atoms with Gasteiger partial charge < -0.3 is 15.8 Å². The highest BCUT2D eigenvalue weighted by Crippen LogP contribution is 2.29. The Balaban J connectivity index is 2.07. The number of hydrogen-bond acceptors (Lipinski definition) is 4. The normalized spacial score (nSPS) is 11.2. The first-order valence-corrected chi connectivity index (χ1v) is 5.77. The van der Waals surface area contributed by atoms with Crippen LogP contribution in [-0.2, 0) is 11.3 Å². The molecule has 0 atom stereocenters. The van der Waals surface area contributed by atoms with Gasteiger partial charge in [0.2, 0.25) is 5.91 Å². The summed E-state index contributed by atoms with van der Waals surface area (Å²) in [6.45, 7) is -0.183. The number of amides is 1. The fourth-order valence-corrected chi connectivity index (χ4v) is 1.59. The van der Waals surface area contributed by atoms with Crippen molar-refractivity contribution in [3.63, 3.8) is 0 Å². The van der Waals surface area contributed by atoms with E-state index in [9.17, 15) is 18.0 Å². The molecule has 2 aromatic rings. The van der Waals surface area contributed by atoms with Crippen molar-refractivity contribution < 1.29 is 22.7 Å². The predicted molar refractivity (Wildman–Crippen MR) is 68.4 cm³/mol.